The molecule has 30 heavy (non-hydrogen) atoms. The number of piperidine rings is 1. The van der Waals surface area contributed by atoms with Crippen LogP contribution in [0.25, 0.3) is 5.69 Å². The van der Waals surface area contributed by atoms with Crippen molar-refractivity contribution in [1.82, 2.24) is 20.0 Å². The third kappa shape index (κ3) is 4.35. The molecule has 2 aromatic carbocycles. The van der Waals surface area contributed by atoms with E-state index in [4.69, 9.17) is 0 Å². The highest BCUT2D eigenvalue weighted by atomic mass is 16.2. The molecule has 154 valence electrons. The molecule has 0 bridgehead atoms. The number of nitrogens with zero attached hydrogens (tertiary/aromatic N) is 3. The highest BCUT2D eigenvalue weighted by Crippen LogP contribution is 2.17. The molecule has 0 unspecified atom stereocenters. The van der Waals surface area contributed by atoms with Crippen LogP contribution in [0.2, 0.25) is 0 Å². The average molecular weight is 403 g/mol. The molecule has 2 N–H and O–H groups in total. The maximum absolute atomic E-state index is 12.8. The molecule has 3 amide bonds. The van der Waals surface area contributed by atoms with Gasteiger partial charge in [-0.05, 0) is 44.0 Å². The van der Waals surface area contributed by atoms with Crippen LogP contribution >= 0.6 is 0 Å². The van der Waals surface area contributed by atoms with Crippen molar-refractivity contribution in [1.29, 1.82) is 0 Å². The molecule has 1 aliphatic rings. The minimum Gasteiger partial charge on any atom is -0.349 e. The van der Waals surface area contributed by atoms with Crippen molar-refractivity contribution in [3.05, 3.63) is 78.1 Å². The van der Waals surface area contributed by atoms with E-state index >= 15 is 0 Å². The predicted octanol–water partition coefficient (Wildman–Crippen LogP) is 3.61. The third-order valence-corrected chi connectivity index (χ3v) is 5.40. The molecule has 0 aliphatic carbocycles. The van der Waals surface area contributed by atoms with Crippen molar-refractivity contribution >= 4 is 17.6 Å². The predicted molar refractivity (Wildman–Crippen MR) is 116 cm³/mol. The summed E-state index contributed by atoms with van der Waals surface area (Å²) in [5, 5.41) is 10.4. The van der Waals surface area contributed by atoms with Crippen LogP contribution in [0.1, 0.15) is 28.9 Å². The first-order valence-electron chi connectivity index (χ1n) is 10.1. The first kappa shape index (κ1) is 19.7. The van der Waals surface area contributed by atoms with Crippen molar-refractivity contribution < 1.29 is 9.59 Å². The average Bonchev–Trinajstić information content (AvgIpc) is 3.17. The molecule has 1 saturated heterocycles. The Hall–Kier alpha value is -3.61. The van der Waals surface area contributed by atoms with Gasteiger partial charge in [-0.2, -0.15) is 5.10 Å². The fraction of sp³-hybridized carbons (Fsp3) is 0.261. The molecule has 1 fully saturated rings. The summed E-state index contributed by atoms with van der Waals surface area (Å²) in [4.78, 5) is 27.0. The van der Waals surface area contributed by atoms with Crippen molar-refractivity contribution in [3.63, 3.8) is 0 Å². The Morgan fingerprint density at radius 2 is 1.60 bits per heavy atom. The number of aromatic nitrogens is 2. The number of hydrogen-bond donors (Lipinski definition) is 2. The molecule has 1 aliphatic heterocycles. The molecule has 0 radical (unpaired) electrons. The normalized spacial score (nSPS) is 14.4. The summed E-state index contributed by atoms with van der Waals surface area (Å²) in [5.74, 6) is -0.123. The summed E-state index contributed by atoms with van der Waals surface area (Å²) in [7, 11) is 0. The van der Waals surface area contributed by atoms with Crippen LogP contribution in [0, 0.1) is 6.92 Å². The number of para-hydroxylation sites is 2. The molecular weight excluding hydrogens is 378 g/mol. The van der Waals surface area contributed by atoms with Gasteiger partial charge in [0.05, 0.1) is 23.1 Å². The number of urea groups is 1. The Morgan fingerprint density at radius 1 is 0.967 bits per heavy atom. The number of nitrogens with one attached hydrogen (secondary N) is 2. The molecular formula is C23H25N5O2. The second kappa shape index (κ2) is 8.82. The largest absolute Gasteiger partial charge is 0.349 e. The van der Waals surface area contributed by atoms with E-state index in [1.54, 1.807) is 15.8 Å². The lowest BCUT2D eigenvalue weighted by Gasteiger charge is -2.32. The van der Waals surface area contributed by atoms with Crippen LogP contribution in [0.3, 0.4) is 0 Å². The number of anilines is 1. The number of benzene rings is 2. The minimum atomic E-state index is -0.123. The fourth-order valence-electron chi connectivity index (χ4n) is 3.68. The van der Waals surface area contributed by atoms with E-state index in [0.29, 0.717) is 18.7 Å². The zero-order chi connectivity index (χ0) is 20.9. The molecule has 4 rings (SSSR count). The summed E-state index contributed by atoms with van der Waals surface area (Å²) in [6.07, 6.45) is 3.06. The lowest BCUT2D eigenvalue weighted by molar-refractivity contribution is 0.0918. The Labute approximate surface area is 175 Å². The molecule has 0 spiro atoms. The van der Waals surface area contributed by atoms with Crippen molar-refractivity contribution in [2.75, 3.05) is 18.4 Å². The number of amides is 3. The molecule has 0 saturated carbocycles. The molecule has 2 heterocycles. The summed E-state index contributed by atoms with van der Waals surface area (Å²) < 4.78 is 1.77. The molecule has 0 atom stereocenters. The van der Waals surface area contributed by atoms with Crippen LogP contribution in [0.5, 0.6) is 0 Å². The molecule has 1 aromatic heterocycles. The maximum Gasteiger partial charge on any atom is 0.321 e. The lowest BCUT2D eigenvalue weighted by Crippen LogP contribution is -2.47. The lowest BCUT2D eigenvalue weighted by atomic mass is 10.0. The SMILES string of the molecule is Cc1c(C(=O)NC2CCN(C(=O)Nc3ccccc3)CC2)cnn1-c1ccccc1. The van der Waals surface area contributed by atoms with Crippen LogP contribution in [0.4, 0.5) is 10.5 Å². The molecule has 3 aromatic rings. The van der Waals surface area contributed by atoms with E-state index in [0.717, 1.165) is 29.9 Å². The molecule has 7 nitrogen and oxygen atoms in total. The van der Waals surface area contributed by atoms with Crippen molar-refractivity contribution in [2.45, 2.75) is 25.8 Å². The van der Waals surface area contributed by atoms with E-state index in [-0.39, 0.29) is 18.0 Å². The molecule has 7 heteroatoms. The van der Waals surface area contributed by atoms with Gasteiger partial charge in [-0.1, -0.05) is 36.4 Å². The zero-order valence-corrected chi connectivity index (χ0v) is 16.9. The Bertz CT molecular complexity index is 1010. The second-order valence-corrected chi connectivity index (χ2v) is 7.42. The first-order valence-corrected chi connectivity index (χ1v) is 10.1. The second-order valence-electron chi connectivity index (χ2n) is 7.42. The van der Waals surface area contributed by atoms with Gasteiger partial charge < -0.3 is 15.5 Å². The van der Waals surface area contributed by atoms with Gasteiger partial charge in [0.15, 0.2) is 0 Å². The summed E-state index contributed by atoms with van der Waals surface area (Å²) in [6.45, 7) is 3.10. The maximum atomic E-state index is 12.8. The summed E-state index contributed by atoms with van der Waals surface area (Å²) in [5.41, 5.74) is 3.08. The van der Waals surface area contributed by atoms with Gasteiger partial charge in [-0.25, -0.2) is 9.48 Å². The zero-order valence-electron chi connectivity index (χ0n) is 16.9. The van der Waals surface area contributed by atoms with Crippen LogP contribution in [-0.4, -0.2) is 45.8 Å². The number of rotatable bonds is 4. The number of likely N-dealkylation sites (tertiary alicyclic amines) is 1. The van der Waals surface area contributed by atoms with Gasteiger partial charge in [0.25, 0.3) is 5.91 Å². The highest BCUT2D eigenvalue weighted by Gasteiger charge is 2.25. The fourth-order valence-corrected chi connectivity index (χ4v) is 3.68. The van der Waals surface area contributed by atoms with Gasteiger partial charge in [0.2, 0.25) is 0 Å². The van der Waals surface area contributed by atoms with E-state index in [1.807, 2.05) is 67.6 Å². The number of carbonyl (C=O) groups excluding carboxylic acids is 2. The van der Waals surface area contributed by atoms with E-state index in [2.05, 4.69) is 15.7 Å². The Balaban J connectivity index is 1.32. The van der Waals surface area contributed by atoms with Gasteiger partial charge in [0.1, 0.15) is 0 Å². The van der Waals surface area contributed by atoms with E-state index in [9.17, 15) is 9.59 Å². The van der Waals surface area contributed by atoms with Gasteiger partial charge in [0, 0.05) is 24.8 Å². The van der Waals surface area contributed by atoms with Gasteiger partial charge in [-0.3, -0.25) is 4.79 Å². The monoisotopic (exact) mass is 403 g/mol. The summed E-state index contributed by atoms with van der Waals surface area (Å²) in [6, 6.07) is 19.1. The smallest absolute Gasteiger partial charge is 0.321 e. The van der Waals surface area contributed by atoms with Crippen molar-refractivity contribution in [2.24, 2.45) is 0 Å². The van der Waals surface area contributed by atoms with Crippen LogP contribution < -0.4 is 10.6 Å². The Morgan fingerprint density at radius 3 is 2.27 bits per heavy atom. The van der Waals surface area contributed by atoms with E-state index < -0.39 is 0 Å². The van der Waals surface area contributed by atoms with E-state index in [1.165, 1.54) is 0 Å². The standard InChI is InChI=1S/C23H25N5O2/c1-17-21(16-24-28(17)20-10-6-3-7-11-20)22(29)25-19-12-14-27(15-13-19)23(30)26-18-8-4-2-5-9-18/h2-11,16,19H,12-15H2,1H3,(H,25,29)(H,26,30). The highest BCUT2D eigenvalue weighted by molar-refractivity contribution is 5.95. The third-order valence-electron chi connectivity index (χ3n) is 5.40. The van der Waals surface area contributed by atoms with Gasteiger partial charge in [-0.15, -0.1) is 0 Å². The number of hydrogen-bond acceptors (Lipinski definition) is 3. The van der Waals surface area contributed by atoms with Crippen molar-refractivity contribution in [3.8, 4) is 5.69 Å². The topological polar surface area (TPSA) is 79.3 Å². The first-order chi connectivity index (χ1) is 14.6. The minimum absolute atomic E-state index is 0.0396. The Kier molecular flexibility index (Phi) is 5.79. The van der Waals surface area contributed by atoms with Crippen LogP contribution in [0.15, 0.2) is 66.9 Å². The van der Waals surface area contributed by atoms with Gasteiger partial charge >= 0.3 is 6.03 Å². The summed E-state index contributed by atoms with van der Waals surface area (Å²) >= 11 is 0. The number of carbonyl (C=O) groups is 2. The van der Waals surface area contributed by atoms with Crippen LogP contribution in [-0.2, 0) is 0 Å². The quantitative estimate of drug-likeness (QED) is 0.698.